The maximum atomic E-state index is 11.7. The van der Waals surface area contributed by atoms with Crippen molar-refractivity contribution in [3.63, 3.8) is 0 Å². The number of anilines is 1. The Balaban J connectivity index is 2.55. The summed E-state index contributed by atoms with van der Waals surface area (Å²) in [5, 5.41) is 3.06. The van der Waals surface area contributed by atoms with Crippen molar-refractivity contribution in [2.24, 2.45) is 0 Å². The molecule has 96 valence electrons. The van der Waals surface area contributed by atoms with E-state index in [4.69, 9.17) is 0 Å². The van der Waals surface area contributed by atoms with Gasteiger partial charge in [-0.25, -0.2) is 13.4 Å². The van der Waals surface area contributed by atoms with Crippen LogP contribution in [0.5, 0.6) is 0 Å². The van der Waals surface area contributed by atoms with Crippen LogP contribution in [0.1, 0.15) is 19.5 Å². The second kappa shape index (κ2) is 5.97. The third-order valence-electron chi connectivity index (χ3n) is 2.07. The van der Waals surface area contributed by atoms with Gasteiger partial charge in [0.1, 0.15) is 5.82 Å². The van der Waals surface area contributed by atoms with E-state index in [2.05, 4.69) is 15.0 Å². The van der Waals surface area contributed by atoms with Crippen LogP contribution in [-0.4, -0.2) is 31.7 Å². The largest absolute Gasteiger partial charge is 0.313 e. The van der Waals surface area contributed by atoms with Gasteiger partial charge < -0.3 is 5.32 Å². The fourth-order valence-corrected chi connectivity index (χ4v) is 2.21. The van der Waals surface area contributed by atoms with E-state index in [-0.39, 0.29) is 11.8 Å². The molecule has 0 aliphatic carbocycles. The molecule has 0 spiro atoms. The van der Waals surface area contributed by atoms with Gasteiger partial charge in [-0.15, -0.1) is 0 Å². The first kappa shape index (κ1) is 13.9. The van der Waals surface area contributed by atoms with Crippen LogP contribution in [0.15, 0.2) is 18.2 Å². The number of rotatable bonds is 6. The average molecular weight is 257 g/mol. The zero-order chi connectivity index (χ0) is 12.9. The van der Waals surface area contributed by atoms with Gasteiger partial charge in [0.2, 0.25) is 10.0 Å². The highest BCUT2D eigenvalue weighted by Crippen LogP contribution is 2.06. The summed E-state index contributed by atoms with van der Waals surface area (Å²) >= 11 is 0. The molecule has 0 aliphatic heterocycles. The molecule has 1 aromatic heterocycles. The van der Waals surface area contributed by atoms with Crippen molar-refractivity contribution in [3.8, 4) is 0 Å². The standard InChI is InChI=1S/C11H19N3O2S/c1-9(2)12-7-8-17(15,16)14-11-6-4-5-10(3)13-11/h4-6,9,12H,7-8H2,1-3H3,(H,13,14). The normalized spacial score (nSPS) is 11.8. The average Bonchev–Trinajstić information content (AvgIpc) is 2.15. The maximum Gasteiger partial charge on any atom is 0.235 e. The first-order valence-electron chi connectivity index (χ1n) is 5.56. The van der Waals surface area contributed by atoms with Gasteiger partial charge in [0.15, 0.2) is 0 Å². The Bertz CT molecular complexity index is 458. The lowest BCUT2D eigenvalue weighted by molar-refractivity contribution is 0.582. The van der Waals surface area contributed by atoms with Crippen LogP contribution in [0.3, 0.4) is 0 Å². The molecule has 1 rings (SSSR count). The molecule has 0 fully saturated rings. The lowest BCUT2D eigenvalue weighted by Gasteiger charge is -2.10. The van der Waals surface area contributed by atoms with E-state index in [1.54, 1.807) is 12.1 Å². The van der Waals surface area contributed by atoms with E-state index >= 15 is 0 Å². The van der Waals surface area contributed by atoms with Crippen LogP contribution in [0.2, 0.25) is 0 Å². The van der Waals surface area contributed by atoms with Gasteiger partial charge in [0.05, 0.1) is 5.75 Å². The van der Waals surface area contributed by atoms with E-state index in [9.17, 15) is 8.42 Å². The highest BCUT2D eigenvalue weighted by molar-refractivity contribution is 7.92. The molecule has 0 unspecified atom stereocenters. The summed E-state index contributed by atoms with van der Waals surface area (Å²) in [4.78, 5) is 4.09. The molecule has 0 saturated heterocycles. The van der Waals surface area contributed by atoms with Gasteiger partial charge >= 0.3 is 0 Å². The van der Waals surface area contributed by atoms with Crippen molar-refractivity contribution < 1.29 is 8.42 Å². The molecule has 0 atom stereocenters. The number of aromatic nitrogens is 1. The van der Waals surface area contributed by atoms with E-state index in [1.807, 2.05) is 26.8 Å². The second-order valence-electron chi connectivity index (χ2n) is 4.19. The Morgan fingerprint density at radius 3 is 2.65 bits per heavy atom. The molecule has 1 heterocycles. The molecule has 5 nitrogen and oxygen atoms in total. The van der Waals surface area contributed by atoms with Crippen molar-refractivity contribution in [1.82, 2.24) is 10.3 Å². The minimum atomic E-state index is -3.32. The summed E-state index contributed by atoms with van der Waals surface area (Å²) in [6.45, 7) is 6.20. The minimum absolute atomic E-state index is 0.0425. The molecule has 2 N–H and O–H groups in total. The van der Waals surface area contributed by atoms with E-state index in [0.29, 0.717) is 12.4 Å². The number of pyridine rings is 1. The Hall–Kier alpha value is -1.14. The number of sulfonamides is 1. The zero-order valence-corrected chi connectivity index (χ0v) is 11.2. The highest BCUT2D eigenvalue weighted by atomic mass is 32.2. The van der Waals surface area contributed by atoms with Gasteiger partial charge in [-0.05, 0) is 19.1 Å². The summed E-state index contributed by atoms with van der Waals surface area (Å²) in [7, 11) is -3.32. The first-order chi connectivity index (χ1) is 7.89. The number of hydrogen-bond donors (Lipinski definition) is 2. The van der Waals surface area contributed by atoms with Crippen molar-refractivity contribution in [2.75, 3.05) is 17.0 Å². The van der Waals surface area contributed by atoms with E-state index < -0.39 is 10.0 Å². The molecule has 0 aromatic carbocycles. The van der Waals surface area contributed by atoms with Crippen LogP contribution in [0.25, 0.3) is 0 Å². The summed E-state index contributed by atoms with van der Waals surface area (Å²) in [6, 6.07) is 5.51. The first-order valence-corrected chi connectivity index (χ1v) is 7.22. The van der Waals surface area contributed by atoms with Crippen LogP contribution in [0, 0.1) is 6.92 Å². The number of nitrogens with zero attached hydrogens (tertiary/aromatic N) is 1. The smallest absolute Gasteiger partial charge is 0.235 e. The molecule has 0 amide bonds. The Morgan fingerprint density at radius 1 is 1.35 bits per heavy atom. The fourth-order valence-electron chi connectivity index (χ4n) is 1.29. The number of aryl methyl sites for hydroxylation is 1. The Kier molecular flexibility index (Phi) is 4.89. The second-order valence-corrected chi connectivity index (χ2v) is 6.04. The zero-order valence-electron chi connectivity index (χ0n) is 10.4. The topological polar surface area (TPSA) is 71.1 Å². The lowest BCUT2D eigenvalue weighted by atomic mass is 10.4. The van der Waals surface area contributed by atoms with Crippen molar-refractivity contribution in [2.45, 2.75) is 26.8 Å². The monoisotopic (exact) mass is 257 g/mol. The van der Waals surface area contributed by atoms with Crippen molar-refractivity contribution in [3.05, 3.63) is 23.9 Å². The highest BCUT2D eigenvalue weighted by Gasteiger charge is 2.10. The summed E-state index contributed by atoms with van der Waals surface area (Å²) in [5.74, 6) is 0.412. The number of nitrogens with one attached hydrogen (secondary N) is 2. The maximum absolute atomic E-state index is 11.7. The minimum Gasteiger partial charge on any atom is -0.313 e. The quantitative estimate of drug-likeness (QED) is 0.801. The molecule has 1 aromatic rings. The van der Waals surface area contributed by atoms with Crippen LogP contribution < -0.4 is 10.0 Å². The molecule has 6 heteroatoms. The van der Waals surface area contributed by atoms with E-state index in [1.165, 1.54) is 0 Å². The molecular weight excluding hydrogens is 238 g/mol. The molecule has 0 aliphatic rings. The molecule has 0 radical (unpaired) electrons. The van der Waals surface area contributed by atoms with Crippen LogP contribution in [0.4, 0.5) is 5.82 Å². The van der Waals surface area contributed by atoms with Gasteiger partial charge in [-0.1, -0.05) is 19.9 Å². The number of hydrogen-bond acceptors (Lipinski definition) is 4. The van der Waals surface area contributed by atoms with Gasteiger partial charge in [0, 0.05) is 18.3 Å². The Morgan fingerprint density at radius 2 is 2.06 bits per heavy atom. The lowest BCUT2D eigenvalue weighted by Crippen LogP contribution is -2.31. The summed E-state index contributed by atoms with van der Waals surface area (Å²) in [5.41, 5.74) is 0.783. The summed E-state index contributed by atoms with van der Waals surface area (Å²) < 4.78 is 25.9. The molecule has 0 saturated carbocycles. The van der Waals surface area contributed by atoms with Gasteiger partial charge in [0.25, 0.3) is 0 Å². The molecule has 17 heavy (non-hydrogen) atoms. The summed E-state index contributed by atoms with van der Waals surface area (Å²) in [6.07, 6.45) is 0. The fraction of sp³-hybridized carbons (Fsp3) is 0.545. The van der Waals surface area contributed by atoms with E-state index in [0.717, 1.165) is 5.69 Å². The van der Waals surface area contributed by atoms with Crippen LogP contribution in [-0.2, 0) is 10.0 Å². The SMILES string of the molecule is Cc1cccc(NS(=O)(=O)CCNC(C)C)n1. The Labute approximate surface area is 103 Å². The molecule has 0 bridgehead atoms. The van der Waals surface area contributed by atoms with Crippen molar-refractivity contribution >= 4 is 15.8 Å². The van der Waals surface area contributed by atoms with Gasteiger partial charge in [-0.2, -0.15) is 0 Å². The third kappa shape index (κ3) is 5.65. The third-order valence-corrected chi connectivity index (χ3v) is 3.33. The predicted molar refractivity (Wildman–Crippen MR) is 69.5 cm³/mol. The van der Waals surface area contributed by atoms with Gasteiger partial charge in [-0.3, -0.25) is 4.72 Å². The van der Waals surface area contributed by atoms with Crippen molar-refractivity contribution in [1.29, 1.82) is 0 Å². The molecular formula is C11H19N3O2S. The van der Waals surface area contributed by atoms with Crippen LogP contribution >= 0.6 is 0 Å². The predicted octanol–water partition coefficient (Wildman–Crippen LogP) is 1.13.